The summed E-state index contributed by atoms with van der Waals surface area (Å²) >= 11 is 3.28. The molecule has 27 heavy (non-hydrogen) atoms. The van der Waals surface area contributed by atoms with Crippen molar-refractivity contribution in [2.24, 2.45) is 0 Å². The van der Waals surface area contributed by atoms with Gasteiger partial charge in [-0.1, -0.05) is 0 Å². The van der Waals surface area contributed by atoms with Crippen molar-refractivity contribution >= 4 is 34.3 Å². The van der Waals surface area contributed by atoms with E-state index < -0.39 is 0 Å². The van der Waals surface area contributed by atoms with Gasteiger partial charge in [0, 0.05) is 41.5 Å². The summed E-state index contributed by atoms with van der Waals surface area (Å²) in [6.45, 7) is 5.67. The van der Waals surface area contributed by atoms with Crippen LogP contribution < -0.4 is 4.90 Å². The fourth-order valence-corrected chi connectivity index (χ4v) is 5.75. The van der Waals surface area contributed by atoms with E-state index in [9.17, 15) is 4.79 Å². The number of carbonyl (C=O) groups is 1. The van der Waals surface area contributed by atoms with Gasteiger partial charge in [-0.05, 0) is 43.5 Å². The molecule has 0 aromatic carbocycles. The van der Waals surface area contributed by atoms with Crippen LogP contribution in [0.5, 0.6) is 0 Å². The van der Waals surface area contributed by atoms with Crippen LogP contribution in [0.25, 0.3) is 0 Å². The Morgan fingerprint density at radius 1 is 1.30 bits per heavy atom. The van der Waals surface area contributed by atoms with Crippen LogP contribution in [0.2, 0.25) is 0 Å². The zero-order chi connectivity index (χ0) is 18.4. The Labute approximate surface area is 166 Å². The molecule has 2 aliphatic heterocycles. The number of rotatable bonds is 3. The Bertz CT molecular complexity index is 984. The number of anilines is 1. The third-order valence-corrected chi connectivity index (χ3v) is 7.30. The van der Waals surface area contributed by atoms with Gasteiger partial charge in [-0.15, -0.1) is 11.3 Å². The average molecular weight is 397 g/mol. The van der Waals surface area contributed by atoms with Crippen molar-refractivity contribution in [1.82, 2.24) is 14.9 Å². The van der Waals surface area contributed by atoms with E-state index in [-0.39, 0.29) is 11.3 Å². The molecule has 5 heterocycles. The van der Waals surface area contributed by atoms with E-state index in [4.69, 9.17) is 4.98 Å². The molecule has 0 aliphatic carbocycles. The van der Waals surface area contributed by atoms with E-state index in [1.807, 2.05) is 45.6 Å². The molecule has 0 unspecified atom stereocenters. The number of carbonyl (C=O) groups excluding carboxylic acids is 1. The molecular weight excluding hydrogens is 376 g/mol. The summed E-state index contributed by atoms with van der Waals surface area (Å²) in [7, 11) is 0. The van der Waals surface area contributed by atoms with Crippen LogP contribution in [-0.4, -0.2) is 40.4 Å². The van der Waals surface area contributed by atoms with Crippen LogP contribution in [0.4, 0.5) is 5.69 Å². The summed E-state index contributed by atoms with van der Waals surface area (Å²) < 4.78 is 0. The minimum Gasteiger partial charge on any atom is -0.305 e. The molecule has 1 amide bonds. The first-order chi connectivity index (χ1) is 13.2. The molecule has 1 atom stereocenters. The second-order valence-corrected chi connectivity index (χ2v) is 9.10. The Morgan fingerprint density at radius 2 is 2.22 bits per heavy atom. The Kier molecular flexibility index (Phi) is 4.11. The molecule has 0 bridgehead atoms. The molecule has 0 saturated carbocycles. The number of aryl methyl sites for hydroxylation is 1. The first-order valence-corrected chi connectivity index (χ1v) is 10.9. The van der Waals surface area contributed by atoms with E-state index in [0.29, 0.717) is 6.54 Å². The lowest BCUT2D eigenvalue weighted by Crippen LogP contribution is -2.39. The van der Waals surface area contributed by atoms with Gasteiger partial charge in [-0.2, -0.15) is 11.3 Å². The van der Waals surface area contributed by atoms with Gasteiger partial charge < -0.3 is 4.90 Å². The molecule has 5 rings (SSSR count). The van der Waals surface area contributed by atoms with Gasteiger partial charge in [-0.3, -0.25) is 14.7 Å². The first kappa shape index (κ1) is 17.0. The maximum Gasteiger partial charge on any atom is 0.259 e. The summed E-state index contributed by atoms with van der Waals surface area (Å²) in [6, 6.07) is 5.87. The number of nitrogens with zero attached hydrogens (tertiary/aromatic N) is 4. The number of thiazole rings is 1. The normalized spacial score (nSPS) is 21.9. The highest BCUT2D eigenvalue weighted by Crippen LogP contribution is 2.46. The Hall–Kier alpha value is -2.09. The van der Waals surface area contributed by atoms with Gasteiger partial charge in [0.15, 0.2) is 0 Å². The minimum atomic E-state index is -0.0686. The predicted molar refractivity (Wildman–Crippen MR) is 109 cm³/mol. The Balaban J connectivity index is 1.44. The molecule has 0 radical (unpaired) electrons. The maximum atomic E-state index is 13.1. The van der Waals surface area contributed by atoms with E-state index in [1.165, 1.54) is 4.88 Å². The van der Waals surface area contributed by atoms with Crippen molar-refractivity contribution in [3.8, 4) is 0 Å². The molecule has 1 fully saturated rings. The zero-order valence-electron chi connectivity index (χ0n) is 15.1. The lowest BCUT2D eigenvalue weighted by Gasteiger charge is -2.25. The predicted octanol–water partition coefficient (Wildman–Crippen LogP) is 3.71. The number of hydrogen-bond acceptors (Lipinski definition) is 6. The van der Waals surface area contributed by atoms with Crippen LogP contribution >= 0.6 is 22.7 Å². The van der Waals surface area contributed by atoms with Crippen molar-refractivity contribution in [2.75, 3.05) is 24.5 Å². The average Bonchev–Trinajstić information content (AvgIpc) is 3.46. The molecule has 3 aromatic rings. The fourth-order valence-electron chi connectivity index (χ4n) is 4.31. The summed E-state index contributed by atoms with van der Waals surface area (Å²) in [4.78, 5) is 27.9. The molecule has 0 N–H and O–H groups in total. The quantitative estimate of drug-likeness (QED) is 0.677. The van der Waals surface area contributed by atoms with Crippen molar-refractivity contribution in [3.63, 3.8) is 0 Å². The molecular formula is C20H20N4OS2. The van der Waals surface area contributed by atoms with Gasteiger partial charge in [0.05, 0.1) is 28.1 Å². The lowest BCUT2D eigenvalue weighted by molar-refractivity contribution is 0.0985. The molecule has 5 nitrogen and oxygen atoms in total. The van der Waals surface area contributed by atoms with E-state index >= 15 is 0 Å². The minimum absolute atomic E-state index is 0.0686. The topological polar surface area (TPSA) is 49.3 Å². The Morgan fingerprint density at radius 3 is 3.00 bits per heavy atom. The summed E-state index contributed by atoms with van der Waals surface area (Å²) in [6.07, 6.45) is 2.89. The summed E-state index contributed by atoms with van der Waals surface area (Å²) in [5.74, 6) is 0.0825. The first-order valence-electron chi connectivity index (χ1n) is 9.07. The molecule has 2 aliphatic rings. The number of pyridine rings is 1. The molecule has 3 aromatic heterocycles. The SMILES string of the molecule is Cc1ncsc1CN1CC[C@]2(C1)CN(C(=O)c1ccsc1)c1cccnc12. The number of fused-ring (bicyclic) bond motifs is 2. The standard InChI is InChI=1S/C20H20N4OS2/c1-14-17(27-13-22-14)9-23-7-5-20(11-23)12-24(16-3-2-6-21-18(16)20)19(25)15-4-8-26-10-15/h2-4,6,8,10,13H,5,7,9,11-12H2,1H3/t20-/m0/s1. The lowest BCUT2D eigenvalue weighted by atomic mass is 9.85. The maximum absolute atomic E-state index is 13.1. The van der Waals surface area contributed by atoms with Crippen molar-refractivity contribution in [2.45, 2.75) is 25.3 Å². The monoisotopic (exact) mass is 396 g/mol. The molecule has 7 heteroatoms. The zero-order valence-corrected chi connectivity index (χ0v) is 16.7. The summed E-state index contributed by atoms with van der Waals surface area (Å²) in [5, 5.41) is 3.88. The van der Waals surface area contributed by atoms with Crippen LogP contribution in [0.1, 0.15) is 33.0 Å². The second kappa shape index (κ2) is 6.51. The van der Waals surface area contributed by atoms with Crippen molar-refractivity contribution in [1.29, 1.82) is 0 Å². The molecule has 1 saturated heterocycles. The number of hydrogen-bond donors (Lipinski definition) is 0. The number of likely N-dealkylation sites (tertiary alicyclic amines) is 1. The van der Waals surface area contributed by atoms with Gasteiger partial charge in [0.25, 0.3) is 5.91 Å². The van der Waals surface area contributed by atoms with Gasteiger partial charge in [0.1, 0.15) is 0 Å². The summed E-state index contributed by atoms with van der Waals surface area (Å²) in [5.41, 5.74) is 5.80. The number of aromatic nitrogens is 2. The van der Waals surface area contributed by atoms with Crippen LogP contribution in [0, 0.1) is 6.92 Å². The van der Waals surface area contributed by atoms with E-state index in [1.54, 1.807) is 22.7 Å². The van der Waals surface area contributed by atoms with Crippen LogP contribution in [-0.2, 0) is 12.0 Å². The van der Waals surface area contributed by atoms with Gasteiger partial charge in [0.2, 0.25) is 0 Å². The number of amides is 1. The fraction of sp³-hybridized carbons (Fsp3) is 0.350. The second-order valence-electron chi connectivity index (χ2n) is 7.38. The third kappa shape index (κ3) is 2.81. The van der Waals surface area contributed by atoms with Crippen LogP contribution in [0.15, 0.2) is 40.7 Å². The van der Waals surface area contributed by atoms with Crippen molar-refractivity contribution < 1.29 is 4.79 Å². The third-order valence-electron chi connectivity index (χ3n) is 5.70. The smallest absolute Gasteiger partial charge is 0.259 e. The highest BCUT2D eigenvalue weighted by Gasteiger charge is 2.50. The molecule has 138 valence electrons. The van der Waals surface area contributed by atoms with E-state index in [2.05, 4.69) is 16.8 Å². The molecule has 1 spiro atoms. The van der Waals surface area contributed by atoms with E-state index in [0.717, 1.165) is 48.7 Å². The van der Waals surface area contributed by atoms with Crippen LogP contribution in [0.3, 0.4) is 0 Å². The van der Waals surface area contributed by atoms with Gasteiger partial charge >= 0.3 is 0 Å². The number of thiophene rings is 1. The van der Waals surface area contributed by atoms with Crippen molar-refractivity contribution in [3.05, 3.63) is 62.5 Å². The highest BCUT2D eigenvalue weighted by atomic mass is 32.1. The largest absolute Gasteiger partial charge is 0.305 e. The highest BCUT2D eigenvalue weighted by molar-refractivity contribution is 7.09. The van der Waals surface area contributed by atoms with Gasteiger partial charge in [-0.25, -0.2) is 4.98 Å².